The highest BCUT2D eigenvalue weighted by atomic mass is 79.9. The summed E-state index contributed by atoms with van der Waals surface area (Å²) in [5.41, 5.74) is 2.42. The van der Waals surface area contributed by atoms with Crippen LogP contribution in [0.2, 0.25) is 5.02 Å². The van der Waals surface area contributed by atoms with Gasteiger partial charge < -0.3 is 15.1 Å². The molecule has 1 aromatic carbocycles. The monoisotopic (exact) mass is 436 g/mol. The normalized spacial score (nSPS) is 18.0. The van der Waals surface area contributed by atoms with Crippen molar-refractivity contribution in [2.24, 2.45) is 0 Å². The number of carbonyl (C=O) groups is 1. The largest absolute Gasteiger partial charge is 0.365 e. The highest BCUT2D eigenvalue weighted by molar-refractivity contribution is 9.10. The number of hydrogen-bond donors (Lipinski definition) is 1. The summed E-state index contributed by atoms with van der Waals surface area (Å²) in [6, 6.07) is 9.66. The molecule has 1 aromatic heterocycles. The van der Waals surface area contributed by atoms with Gasteiger partial charge in [0.2, 0.25) is 0 Å². The van der Waals surface area contributed by atoms with Gasteiger partial charge in [0.25, 0.3) is 5.91 Å². The van der Waals surface area contributed by atoms with Gasteiger partial charge in [-0.2, -0.15) is 0 Å². The van der Waals surface area contributed by atoms with Gasteiger partial charge in [-0.3, -0.25) is 4.79 Å². The fourth-order valence-electron chi connectivity index (χ4n) is 3.15. The average molecular weight is 438 g/mol. The quantitative estimate of drug-likeness (QED) is 0.794. The number of benzene rings is 1. The van der Waals surface area contributed by atoms with E-state index in [0.717, 1.165) is 35.4 Å². The van der Waals surface area contributed by atoms with Crippen LogP contribution in [0.3, 0.4) is 0 Å². The Labute approximate surface area is 167 Å². The fraction of sp³-hybridized carbons (Fsp3) is 0.368. The summed E-state index contributed by atoms with van der Waals surface area (Å²) in [5.74, 6) is -0.185. The Morgan fingerprint density at radius 1 is 1.35 bits per heavy atom. The zero-order valence-corrected chi connectivity index (χ0v) is 17.2. The molecule has 0 radical (unpaired) electrons. The molecule has 1 saturated heterocycles. The summed E-state index contributed by atoms with van der Waals surface area (Å²) in [6.07, 6.45) is 1.71. The molecule has 0 unspecified atom stereocenters. The van der Waals surface area contributed by atoms with Gasteiger partial charge in [-0.15, -0.1) is 0 Å². The first-order chi connectivity index (χ1) is 12.4. The number of hydrogen-bond acceptors (Lipinski definition) is 4. The number of carbonyl (C=O) groups excluding carboxylic acids is 1. The molecule has 7 heteroatoms. The summed E-state index contributed by atoms with van der Waals surface area (Å²) in [7, 11) is 2.13. The van der Waals surface area contributed by atoms with Crippen LogP contribution >= 0.6 is 27.5 Å². The topological polar surface area (TPSA) is 48.5 Å². The molecule has 0 spiro atoms. The molecule has 1 amide bonds. The molecule has 1 atom stereocenters. The van der Waals surface area contributed by atoms with E-state index in [-0.39, 0.29) is 5.91 Å². The van der Waals surface area contributed by atoms with E-state index in [9.17, 15) is 4.79 Å². The second-order valence-electron chi connectivity index (χ2n) is 6.63. The van der Waals surface area contributed by atoms with Crippen LogP contribution in [-0.2, 0) is 6.54 Å². The zero-order chi connectivity index (χ0) is 18.7. The minimum absolute atomic E-state index is 0.185. The number of nitrogens with one attached hydrogen (secondary N) is 1. The number of piperazine rings is 1. The Morgan fingerprint density at radius 2 is 2.08 bits per heavy atom. The van der Waals surface area contributed by atoms with Crippen LogP contribution < -0.4 is 10.2 Å². The number of amides is 1. The van der Waals surface area contributed by atoms with Crippen LogP contribution in [0.25, 0.3) is 0 Å². The molecule has 2 aromatic rings. The van der Waals surface area contributed by atoms with E-state index in [1.807, 2.05) is 30.3 Å². The Kier molecular flexibility index (Phi) is 6.16. The molecular weight excluding hydrogens is 416 g/mol. The second kappa shape index (κ2) is 8.37. The van der Waals surface area contributed by atoms with Crippen molar-refractivity contribution < 1.29 is 4.79 Å². The predicted molar refractivity (Wildman–Crippen MR) is 109 cm³/mol. The first-order valence-corrected chi connectivity index (χ1v) is 9.74. The lowest BCUT2D eigenvalue weighted by Gasteiger charge is -2.40. The first kappa shape index (κ1) is 19.1. The zero-order valence-electron chi connectivity index (χ0n) is 14.9. The summed E-state index contributed by atoms with van der Waals surface area (Å²) < 4.78 is 0.906. The van der Waals surface area contributed by atoms with E-state index in [2.05, 4.69) is 50.0 Å². The maximum absolute atomic E-state index is 12.5. The SMILES string of the molecule is C[C@@H]1CN(C)CCN1c1cc(C(=O)NCc2ccc(Cl)cc2)ncc1Br. The lowest BCUT2D eigenvalue weighted by Crippen LogP contribution is -2.50. The molecule has 1 aliphatic rings. The molecule has 0 aliphatic carbocycles. The molecule has 0 saturated carbocycles. The molecule has 0 bridgehead atoms. The van der Waals surface area contributed by atoms with Gasteiger partial charge in [0.1, 0.15) is 5.69 Å². The van der Waals surface area contributed by atoms with Crippen molar-refractivity contribution in [1.29, 1.82) is 0 Å². The first-order valence-electron chi connectivity index (χ1n) is 8.57. The lowest BCUT2D eigenvalue weighted by atomic mass is 10.1. The Bertz CT molecular complexity index is 784. The van der Waals surface area contributed by atoms with Gasteiger partial charge in [-0.25, -0.2) is 4.98 Å². The van der Waals surface area contributed by atoms with Crippen molar-refractivity contribution >= 4 is 39.1 Å². The Morgan fingerprint density at radius 3 is 2.77 bits per heavy atom. The lowest BCUT2D eigenvalue weighted by molar-refractivity contribution is 0.0946. The Hall–Kier alpha value is -1.63. The van der Waals surface area contributed by atoms with E-state index in [4.69, 9.17) is 11.6 Å². The number of likely N-dealkylation sites (N-methyl/N-ethyl adjacent to an activating group) is 1. The Balaban J connectivity index is 1.72. The molecule has 5 nitrogen and oxygen atoms in total. The number of aromatic nitrogens is 1. The van der Waals surface area contributed by atoms with Gasteiger partial charge in [0.15, 0.2) is 0 Å². The number of rotatable bonds is 4. The summed E-state index contributed by atoms with van der Waals surface area (Å²) in [6.45, 7) is 5.55. The smallest absolute Gasteiger partial charge is 0.270 e. The maximum Gasteiger partial charge on any atom is 0.270 e. The third-order valence-electron chi connectivity index (χ3n) is 4.57. The molecule has 2 heterocycles. The van der Waals surface area contributed by atoms with Crippen molar-refractivity contribution in [2.75, 3.05) is 31.6 Å². The maximum atomic E-state index is 12.5. The number of nitrogens with zero attached hydrogens (tertiary/aromatic N) is 3. The number of halogens is 2. The van der Waals surface area contributed by atoms with Crippen molar-refractivity contribution in [3.63, 3.8) is 0 Å². The third kappa shape index (κ3) is 4.55. The van der Waals surface area contributed by atoms with Crippen molar-refractivity contribution in [3.05, 3.63) is 57.3 Å². The fourth-order valence-corrected chi connectivity index (χ4v) is 3.72. The molecule has 138 valence electrons. The number of pyridine rings is 1. The molecule has 1 aliphatic heterocycles. The van der Waals surface area contributed by atoms with E-state index in [0.29, 0.717) is 23.3 Å². The van der Waals surface area contributed by atoms with Crippen molar-refractivity contribution in [1.82, 2.24) is 15.2 Å². The molecular formula is C19H22BrClN4O. The van der Waals surface area contributed by atoms with E-state index < -0.39 is 0 Å². The standard InChI is InChI=1S/C19H22BrClN4O/c1-13-12-24(2)7-8-25(13)18-9-17(22-11-16(18)20)19(26)23-10-14-3-5-15(21)6-4-14/h3-6,9,11,13H,7-8,10,12H2,1-2H3,(H,23,26)/t13-/m1/s1. The van der Waals surface area contributed by atoms with Crippen LogP contribution in [-0.4, -0.2) is 48.5 Å². The van der Waals surface area contributed by atoms with Crippen LogP contribution in [0, 0.1) is 0 Å². The average Bonchev–Trinajstić information content (AvgIpc) is 2.62. The third-order valence-corrected chi connectivity index (χ3v) is 5.44. The molecule has 26 heavy (non-hydrogen) atoms. The van der Waals surface area contributed by atoms with Gasteiger partial charge in [0, 0.05) is 43.4 Å². The molecule has 1 N–H and O–H groups in total. The van der Waals surface area contributed by atoms with Gasteiger partial charge in [-0.1, -0.05) is 23.7 Å². The van der Waals surface area contributed by atoms with Crippen LogP contribution in [0.15, 0.2) is 41.0 Å². The second-order valence-corrected chi connectivity index (χ2v) is 7.93. The highest BCUT2D eigenvalue weighted by Crippen LogP contribution is 2.29. The minimum Gasteiger partial charge on any atom is -0.365 e. The summed E-state index contributed by atoms with van der Waals surface area (Å²) in [5, 5.41) is 3.60. The van der Waals surface area contributed by atoms with Crippen molar-refractivity contribution in [3.8, 4) is 0 Å². The van der Waals surface area contributed by atoms with E-state index >= 15 is 0 Å². The molecule has 1 fully saturated rings. The minimum atomic E-state index is -0.185. The molecule has 3 rings (SSSR count). The number of anilines is 1. The van der Waals surface area contributed by atoms with Gasteiger partial charge in [-0.05, 0) is 53.7 Å². The van der Waals surface area contributed by atoms with Crippen LogP contribution in [0.1, 0.15) is 23.0 Å². The van der Waals surface area contributed by atoms with Gasteiger partial charge >= 0.3 is 0 Å². The van der Waals surface area contributed by atoms with E-state index in [1.165, 1.54) is 0 Å². The van der Waals surface area contributed by atoms with E-state index in [1.54, 1.807) is 6.20 Å². The predicted octanol–water partition coefficient (Wildman–Crippen LogP) is 3.57. The van der Waals surface area contributed by atoms with Crippen molar-refractivity contribution in [2.45, 2.75) is 19.5 Å². The van der Waals surface area contributed by atoms with Gasteiger partial charge in [0.05, 0.1) is 10.2 Å². The summed E-state index contributed by atoms with van der Waals surface area (Å²) in [4.78, 5) is 21.4. The van der Waals surface area contributed by atoms with Crippen LogP contribution in [0.4, 0.5) is 5.69 Å². The summed E-state index contributed by atoms with van der Waals surface area (Å²) >= 11 is 9.47. The van der Waals surface area contributed by atoms with Crippen LogP contribution in [0.5, 0.6) is 0 Å². The highest BCUT2D eigenvalue weighted by Gasteiger charge is 2.24.